The number of amides is 2. The number of hydrogen-bond donors (Lipinski definition) is 0. The molecule has 0 spiro atoms. The van der Waals surface area contributed by atoms with Gasteiger partial charge in [-0.3, -0.25) is 9.59 Å². The van der Waals surface area contributed by atoms with Crippen molar-refractivity contribution in [1.82, 2.24) is 9.80 Å². The zero-order valence-corrected chi connectivity index (χ0v) is 20.8. The van der Waals surface area contributed by atoms with Crippen LogP contribution in [0.1, 0.15) is 58.2 Å². The molecule has 0 radical (unpaired) electrons. The fourth-order valence-electron chi connectivity index (χ4n) is 4.46. The van der Waals surface area contributed by atoms with Gasteiger partial charge in [-0.05, 0) is 79.1 Å². The van der Waals surface area contributed by atoms with E-state index in [1.165, 1.54) is 10.4 Å². The third-order valence-electron chi connectivity index (χ3n) is 6.55. The third-order valence-corrected chi connectivity index (χ3v) is 7.80. The first-order valence-corrected chi connectivity index (χ1v) is 12.6. The number of nitrogens with zero attached hydrogens (tertiary/aromatic N) is 2. The normalized spacial score (nSPS) is 16.2. The SMILES string of the molecule is CCC(C)N(CC(=O)N1CCc2sccc2C1c1ccccc1C)C(=O)c1ccc(Cl)cc1. The molecule has 1 aliphatic heterocycles. The first kappa shape index (κ1) is 23.5. The summed E-state index contributed by atoms with van der Waals surface area (Å²) in [5.74, 6) is -0.169. The van der Waals surface area contributed by atoms with Gasteiger partial charge in [0.1, 0.15) is 6.54 Å². The van der Waals surface area contributed by atoms with Crippen LogP contribution in [0, 0.1) is 6.92 Å². The lowest BCUT2D eigenvalue weighted by Crippen LogP contribution is -2.49. The van der Waals surface area contributed by atoms with Gasteiger partial charge in [0.05, 0.1) is 6.04 Å². The molecule has 4 nitrogen and oxygen atoms in total. The van der Waals surface area contributed by atoms with E-state index in [2.05, 4.69) is 30.5 Å². The summed E-state index contributed by atoms with van der Waals surface area (Å²) in [7, 11) is 0. The van der Waals surface area contributed by atoms with E-state index in [9.17, 15) is 9.59 Å². The molecule has 2 amide bonds. The molecule has 2 unspecified atom stereocenters. The van der Waals surface area contributed by atoms with Crippen molar-refractivity contribution in [3.63, 3.8) is 0 Å². The maximum Gasteiger partial charge on any atom is 0.254 e. The van der Waals surface area contributed by atoms with E-state index in [1.54, 1.807) is 40.5 Å². The highest BCUT2D eigenvalue weighted by atomic mass is 35.5. The van der Waals surface area contributed by atoms with Crippen LogP contribution in [0.5, 0.6) is 0 Å². The Morgan fingerprint density at radius 2 is 1.85 bits per heavy atom. The number of fused-ring (bicyclic) bond motifs is 1. The average Bonchev–Trinajstić information content (AvgIpc) is 3.31. The highest BCUT2D eigenvalue weighted by Crippen LogP contribution is 2.39. The smallest absolute Gasteiger partial charge is 0.254 e. The Kier molecular flexibility index (Phi) is 7.20. The number of thiophene rings is 1. The van der Waals surface area contributed by atoms with Gasteiger partial charge in [0.2, 0.25) is 5.91 Å². The lowest BCUT2D eigenvalue weighted by Gasteiger charge is -2.39. The van der Waals surface area contributed by atoms with Crippen LogP contribution in [0.2, 0.25) is 5.02 Å². The van der Waals surface area contributed by atoms with E-state index in [-0.39, 0.29) is 30.4 Å². The minimum Gasteiger partial charge on any atom is -0.330 e. The maximum absolute atomic E-state index is 13.8. The van der Waals surface area contributed by atoms with Gasteiger partial charge in [-0.1, -0.05) is 42.8 Å². The molecule has 2 aromatic carbocycles. The van der Waals surface area contributed by atoms with Crippen molar-refractivity contribution < 1.29 is 9.59 Å². The van der Waals surface area contributed by atoms with Crippen molar-refractivity contribution in [3.8, 4) is 0 Å². The Hall–Kier alpha value is -2.63. The van der Waals surface area contributed by atoms with E-state index < -0.39 is 0 Å². The fourth-order valence-corrected chi connectivity index (χ4v) is 5.49. The average molecular weight is 481 g/mol. The van der Waals surface area contributed by atoms with Crippen molar-refractivity contribution in [2.75, 3.05) is 13.1 Å². The molecule has 0 N–H and O–H groups in total. The molecule has 33 heavy (non-hydrogen) atoms. The predicted molar refractivity (Wildman–Crippen MR) is 135 cm³/mol. The van der Waals surface area contributed by atoms with Gasteiger partial charge in [-0.15, -0.1) is 11.3 Å². The van der Waals surface area contributed by atoms with Crippen LogP contribution in [0.4, 0.5) is 0 Å². The minimum absolute atomic E-state index is 0.0253. The molecule has 2 atom stereocenters. The lowest BCUT2D eigenvalue weighted by atomic mass is 9.90. The van der Waals surface area contributed by atoms with Gasteiger partial charge in [-0.2, -0.15) is 0 Å². The number of carbonyl (C=O) groups is 2. The first-order chi connectivity index (χ1) is 15.9. The maximum atomic E-state index is 13.8. The number of halogens is 1. The van der Waals surface area contributed by atoms with E-state index in [4.69, 9.17) is 11.6 Å². The Morgan fingerprint density at radius 3 is 2.55 bits per heavy atom. The topological polar surface area (TPSA) is 40.6 Å². The molecule has 0 saturated carbocycles. The van der Waals surface area contributed by atoms with E-state index in [1.807, 2.05) is 30.9 Å². The summed E-state index contributed by atoms with van der Waals surface area (Å²) < 4.78 is 0. The molecule has 0 fully saturated rings. The van der Waals surface area contributed by atoms with Crippen molar-refractivity contribution >= 4 is 34.8 Å². The molecule has 172 valence electrons. The van der Waals surface area contributed by atoms with Gasteiger partial charge in [-0.25, -0.2) is 0 Å². The molecule has 0 bridgehead atoms. The molecule has 0 aliphatic carbocycles. The standard InChI is InChI=1S/C27H29ClN2O2S/c1-4-19(3)30(27(32)20-9-11-21(28)12-10-20)17-25(31)29-15-13-24-23(14-16-33-24)26(29)22-8-6-5-7-18(22)2/h5-12,14,16,19,26H,4,13,15,17H2,1-3H3. The third kappa shape index (κ3) is 4.85. The van der Waals surface area contributed by atoms with Gasteiger partial charge >= 0.3 is 0 Å². The van der Waals surface area contributed by atoms with Crippen LogP contribution < -0.4 is 0 Å². The Bertz CT molecular complexity index is 1140. The number of hydrogen-bond acceptors (Lipinski definition) is 3. The van der Waals surface area contributed by atoms with E-state index in [0.29, 0.717) is 17.1 Å². The van der Waals surface area contributed by atoms with Crippen molar-refractivity contribution in [1.29, 1.82) is 0 Å². The van der Waals surface area contributed by atoms with Crippen LogP contribution >= 0.6 is 22.9 Å². The monoisotopic (exact) mass is 480 g/mol. The molecule has 3 aromatic rings. The van der Waals surface area contributed by atoms with Crippen molar-refractivity contribution in [3.05, 3.63) is 92.1 Å². The van der Waals surface area contributed by atoms with Gasteiger partial charge in [0.15, 0.2) is 0 Å². The molecule has 4 rings (SSSR count). The zero-order valence-electron chi connectivity index (χ0n) is 19.3. The van der Waals surface area contributed by atoms with E-state index >= 15 is 0 Å². The summed E-state index contributed by atoms with van der Waals surface area (Å²) in [6, 6.07) is 17.1. The summed E-state index contributed by atoms with van der Waals surface area (Å²) in [4.78, 5) is 32.1. The number of aryl methyl sites for hydroxylation is 1. The van der Waals surface area contributed by atoms with E-state index in [0.717, 1.165) is 24.0 Å². The minimum atomic E-state index is -0.143. The second-order valence-electron chi connectivity index (χ2n) is 8.59. The number of benzene rings is 2. The van der Waals surface area contributed by atoms with Crippen LogP contribution in [0.25, 0.3) is 0 Å². The molecule has 2 heterocycles. The molecule has 6 heteroatoms. The molecule has 1 aliphatic rings. The second-order valence-corrected chi connectivity index (χ2v) is 10.0. The predicted octanol–water partition coefficient (Wildman–Crippen LogP) is 6.12. The number of carbonyl (C=O) groups excluding carboxylic acids is 2. The largest absolute Gasteiger partial charge is 0.330 e. The van der Waals surface area contributed by atoms with Crippen molar-refractivity contribution in [2.24, 2.45) is 0 Å². The second kappa shape index (κ2) is 10.1. The highest BCUT2D eigenvalue weighted by Gasteiger charge is 2.35. The van der Waals surface area contributed by atoms with Crippen LogP contribution in [0.3, 0.4) is 0 Å². The zero-order chi connectivity index (χ0) is 23.5. The summed E-state index contributed by atoms with van der Waals surface area (Å²) in [6.45, 7) is 6.82. The van der Waals surface area contributed by atoms with Gasteiger partial charge in [0.25, 0.3) is 5.91 Å². The van der Waals surface area contributed by atoms with Crippen molar-refractivity contribution in [2.45, 2.75) is 45.7 Å². The number of rotatable bonds is 6. The molecule has 0 saturated heterocycles. The van der Waals surface area contributed by atoms with Crippen LogP contribution in [0.15, 0.2) is 60.0 Å². The Morgan fingerprint density at radius 1 is 1.12 bits per heavy atom. The fraction of sp³-hybridized carbons (Fsp3) is 0.333. The summed E-state index contributed by atoms with van der Waals surface area (Å²) in [5.41, 5.74) is 4.05. The summed E-state index contributed by atoms with van der Waals surface area (Å²) >= 11 is 7.76. The molecular formula is C27H29ClN2O2S. The van der Waals surface area contributed by atoms with Gasteiger partial charge < -0.3 is 9.80 Å². The quantitative estimate of drug-likeness (QED) is 0.426. The summed E-state index contributed by atoms with van der Waals surface area (Å²) in [5, 5.41) is 2.69. The molecular weight excluding hydrogens is 452 g/mol. The Balaban J connectivity index is 1.65. The molecule has 1 aromatic heterocycles. The van der Waals surface area contributed by atoms with Crippen LogP contribution in [-0.4, -0.2) is 40.7 Å². The summed E-state index contributed by atoms with van der Waals surface area (Å²) in [6.07, 6.45) is 1.61. The van der Waals surface area contributed by atoms with Crippen LogP contribution in [-0.2, 0) is 11.2 Å². The Labute approximate surface area is 204 Å². The first-order valence-electron chi connectivity index (χ1n) is 11.4. The van der Waals surface area contributed by atoms with Gasteiger partial charge in [0, 0.05) is 28.0 Å². The lowest BCUT2D eigenvalue weighted by molar-refractivity contribution is -0.134. The highest BCUT2D eigenvalue weighted by molar-refractivity contribution is 7.10.